The lowest BCUT2D eigenvalue weighted by atomic mass is 10.2. The Kier molecular flexibility index (Phi) is 4.22. The van der Waals surface area contributed by atoms with Gasteiger partial charge in [-0.15, -0.1) is 0 Å². The summed E-state index contributed by atoms with van der Waals surface area (Å²) < 4.78 is 5.33. The van der Waals surface area contributed by atoms with Gasteiger partial charge in [0.25, 0.3) is 0 Å². The number of hydrogen-bond donors (Lipinski definition) is 1. The number of ether oxygens (including phenoxy) is 1. The van der Waals surface area contributed by atoms with E-state index in [4.69, 9.17) is 10.5 Å². The Bertz CT molecular complexity index is 485. The Morgan fingerprint density at radius 1 is 1.14 bits per heavy atom. The molecule has 5 nitrogen and oxygen atoms in total. The second kappa shape index (κ2) is 6.12. The summed E-state index contributed by atoms with van der Waals surface area (Å²) >= 11 is 0. The second-order valence-electron chi connectivity index (χ2n) is 6.15. The highest BCUT2D eigenvalue weighted by molar-refractivity contribution is 5.62. The summed E-state index contributed by atoms with van der Waals surface area (Å²) in [5.41, 5.74) is 7.82. The van der Waals surface area contributed by atoms with Crippen LogP contribution in [0, 0.1) is 0 Å². The quantitative estimate of drug-likeness (QED) is 0.845. The molecule has 0 spiro atoms. The SMILES string of the molecule is COc1cc(N2CCC(N3CCN(C)CC3)C2)ccc1N. The Labute approximate surface area is 127 Å². The van der Waals surface area contributed by atoms with E-state index in [0.717, 1.165) is 18.8 Å². The van der Waals surface area contributed by atoms with Gasteiger partial charge in [0.2, 0.25) is 0 Å². The van der Waals surface area contributed by atoms with Gasteiger partial charge >= 0.3 is 0 Å². The van der Waals surface area contributed by atoms with Gasteiger partial charge in [-0.1, -0.05) is 0 Å². The lowest BCUT2D eigenvalue weighted by molar-refractivity contribution is 0.120. The summed E-state index contributed by atoms with van der Waals surface area (Å²) in [5.74, 6) is 0.774. The minimum absolute atomic E-state index is 0.683. The van der Waals surface area contributed by atoms with E-state index >= 15 is 0 Å². The molecule has 2 fully saturated rings. The Morgan fingerprint density at radius 3 is 2.62 bits per heavy atom. The summed E-state index contributed by atoms with van der Waals surface area (Å²) in [4.78, 5) is 7.51. The van der Waals surface area contributed by atoms with E-state index < -0.39 is 0 Å². The second-order valence-corrected chi connectivity index (χ2v) is 6.15. The zero-order valence-electron chi connectivity index (χ0n) is 13.1. The van der Waals surface area contributed by atoms with Crippen LogP contribution in [0.5, 0.6) is 5.75 Å². The van der Waals surface area contributed by atoms with E-state index in [1.54, 1.807) is 7.11 Å². The van der Waals surface area contributed by atoms with Gasteiger partial charge in [0.05, 0.1) is 12.8 Å². The lowest BCUT2D eigenvalue weighted by Gasteiger charge is -2.36. The van der Waals surface area contributed by atoms with E-state index in [1.165, 1.54) is 38.3 Å². The Morgan fingerprint density at radius 2 is 1.90 bits per heavy atom. The third kappa shape index (κ3) is 3.09. The van der Waals surface area contributed by atoms with Crippen molar-refractivity contribution >= 4 is 11.4 Å². The number of nitrogens with two attached hydrogens (primary N) is 1. The third-order valence-corrected chi connectivity index (χ3v) is 4.80. The molecule has 5 heteroatoms. The van der Waals surface area contributed by atoms with Gasteiger partial charge in [0, 0.05) is 57.1 Å². The first-order valence-electron chi connectivity index (χ1n) is 7.78. The average Bonchev–Trinajstić information content (AvgIpc) is 2.98. The molecule has 0 bridgehead atoms. The van der Waals surface area contributed by atoms with Crippen LogP contribution in [-0.2, 0) is 0 Å². The van der Waals surface area contributed by atoms with E-state index in [2.05, 4.69) is 33.9 Å². The molecule has 2 aliphatic heterocycles. The van der Waals surface area contributed by atoms with Crippen molar-refractivity contribution in [1.29, 1.82) is 0 Å². The van der Waals surface area contributed by atoms with Crippen molar-refractivity contribution in [2.45, 2.75) is 12.5 Å². The molecule has 2 N–H and O–H groups in total. The van der Waals surface area contributed by atoms with Crippen LogP contribution in [0.1, 0.15) is 6.42 Å². The van der Waals surface area contributed by atoms with Gasteiger partial charge in [-0.25, -0.2) is 0 Å². The van der Waals surface area contributed by atoms with Crippen LogP contribution in [0.3, 0.4) is 0 Å². The first-order valence-corrected chi connectivity index (χ1v) is 7.78. The molecule has 2 heterocycles. The number of anilines is 2. The van der Waals surface area contributed by atoms with Gasteiger partial charge in [-0.3, -0.25) is 4.90 Å². The first-order chi connectivity index (χ1) is 10.2. The summed E-state index contributed by atoms with van der Waals surface area (Å²) in [5, 5.41) is 0. The zero-order valence-corrected chi connectivity index (χ0v) is 13.1. The van der Waals surface area contributed by atoms with Crippen molar-refractivity contribution in [2.75, 3.05) is 64.1 Å². The lowest BCUT2D eigenvalue weighted by Crippen LogP contribution is -2.49. The fourth-order valence-corrected chi connectivity index (χ4v) is 3.36. The predicted octanol–water partition coefficient (Wildman–Crippen LogP) is 1.10. The van der Waals surface area contributed by atoms with Gasteiger partial charge in [-0.2, -0.15) is 0 Å². The topological polar surface area (TPSA) is 45.0 Å². The number of nitrogen functional groups attached to an aromatic ring is 1. The van der Waals surface area contributed by atoms with E-state index in [-0.39, 0.29) is 0 Å². The molecule has 1 aromatic rings. The van der Waals surface area contributed by atoms with Crippen molar-refractivity contribution in [3.63, 3.8) is 0 Å². The van der Waals surface area contributed by atoms with Gasteiger partial charge in [0.1, 0.15) is 5.75 Å². The molecule has 1 unspecified atom stereocenters. The van der Waals surface area contributed by atoms with Crippen LogP contribution in [0.25, 0.3) is 0 Å². The molecule has 0 radical (unpaired) electrons. The van der Waals surface area contributed by atoms with Crippen molar-refractivity contribution in [2.24, 2.45) is 0 Å². The molecule has 0 aliphatic carbocycles. The number of hydrogen-bond acceptors (Lipinski definition) is 5. The minimum Gasteiger partial charge on any atom is -0.495 e. The molecule has 1 atom stereocenters. The molecule has 116 valence electrons. The van der Waals surface area contributed by atoms with E-state index in [1.807, 2.05) is 6.07 Å². The van der Waals surface area contributed by atoms with Gasteiger partial charge in [0.15, 0.2) is 0 Å². The molecule has 1 aromatic carbocycles. The number of benzene rings is 1. The van der Waals surface area contributed by atoms with Crippen LogP contribution < -0.4 is 15.4 Å². The fourth-order valence-electron chi connectivity index (χ4n) is 3.36. The molecular weight excluding hydrogens is 264 g/mol. The Balaban J connectivity index is 1.64. The van der Waals surface area contributed by atoms with Crippen molar-refractivity contribution in [1.82, 2.24) is 9.80 Å². The van der Waals surface area contributed by atoms with Crippen molar-refractivity contribution in [3.05, 3.63) is 18.2 Å². The third-order valence-electron chi connectivity index (χ3n) is 4.80. The zero-order chi connectivity index (χ0) is 14.8. The monoisotopic (exact) mass is 290 g/mol. The highest BCUT2D eigenvalue weighted by atomic mass is 16.5. The summed E-state index contributed by atoms with van der Waals surface area (Å²) in [6.07, 6.45) is 1.25. The standard InChI is InChI=1S/C16H26N4O/c1-18-7-9-19(10-8-18)14-5-6-20(12-14)13-3-4-15(17)16(11-13)21-2/h3-4,11,14H,5-10,12,17H2,1-2H3. The van der Waals surface area contributed by atoms with E-state index in [9.17, 15) is 0 Å². The van der Waals surface area contributed by atoms with Crippen LogP contribution in [0.2, 0.25) is 0 Å². The minimum atomic E-state index is 0.683. The number of rotatable bonds is 3. The smallest absolute Gasteiger partial charge is 0.143 e. The van der Waals surface area contributed by atoms with Crippen LogP contribution in [0.4, 0.5) is 11.4 Å². The average molecular weight is 290 g/mol. The van der Waals surface area contributed by atoms with Crippen LogP contribution in [-0.4, -0.2) is 69.3 Å². The molecule has 0 saturated carbocycles. The molecule has 0 aromatic heterocycles. The number of piperazine rings is 1. The van der Waals surface area contributed by atoms with Gasteiger partial charge < -0.3 is 20.3 Å². The van der Waals surface area contributed by atoms with Crippen LogP contribution >= 0.6 is 0 Å². The molecule has 2 saturated heterocycles. The predicted molar refractivity (Wildman–Crippen MR) is 87.1 cm³/mol. The number of methoxy groups -OCH3 is 1. The molecular formula is C16H26N4O. The normalized spacial score (nSPS) is 24.5. The van der Waals surface area contributed by atoms with Gasteiger partial charge in [-0.05, 0) is 25.6 Å². The maximum Gasteiger partial charge on any atom is 0.143 e. The largest absolute Gasteiger partial charge is 0.495 e. The number of nitrogens with zero attached hydrogens (tertiary/aromatic N) is 3. The fraction of sp³-hybridized carbons (Fsp3) is 0.625. The molecule has 2 aliphatic rings. The summed E-state index contributed by atoms with van der Waals surface area (Å²) in [7, 11) is 3.88. The Hall–Kier alpha value is -1.46. The molecule has 3 rings (SSSR count). The first kappa shape index (κ1) is 14.5. The maximum atomic E-state index is 5.90. The summed E-state index contributed by atoms with van der Waals surface area (Å²) in [6.45, 7) is 6.99. The highest BCUT2D eigenvalue weighted by Gasteiger charge is 2.29. The molecule has 0 amide bonds. The maximum absolute atomic E-state index is 5.90. The summed E-state index contributed by atoms with van der Waals surface area (Å²) in [6, 6.07) is 6.78. The van der Waals surface area contributed by atoms with Crippen molar-refractivity contribution in [3.8, 4) is 5.75 Å². The van der Waals surface area contributed by atoms with Crippen molar-refractivity contribution < 1.29 is 4.74 Å². The molecule has 21 heavy (non-hydrogen) atoms. The van der Waals surface area contributed by atoms with E-state index in [0.29, 0.717) is 11.7 Å². The van der Waals surface area contributed by atoms with Crippen LogP contribution in [0.15, 0.2) is 18.2 Å². The number of likely N-dealkylation sites (N-methyl/N-ethyl adjacent to an activating group) is 1. The highest BCUT2D eigenvalue weighted by Crippen LogP contribution is 2.30.